The van der Waals surface area contributed by atoms with E-state index in [0.29, 0.717) is 22.3 Å². The van der Waals surface area contributed by atoms with Gasteiger partial charge in [0.15, 0.2) is 5.82 Å². The maximum absolute atomic E-state index is 13.8. The summed E-state index contributed by atoms with van der Waals surface area (Å²) in [6.45, 7) is 2.99. The highest BCUT2D eigenvalue weighted by molar-refractivity contribution is 6.31. The molecule has 4 nitrogen and oxygen atoms in total. The van der Waals surface area contributed by atoms with Crippen LogP contribution in [0.2, 0.25) is 5.02 Å². The van der Waals surface area contributed by atoms with E-state index in [0.717, 1.165) is 25.8 Å². The van der Waals surface area contributed by atoms with E-state index in [-0.39, 0.29) is 17.8 Å². The molecule has 1 aromatic heterocycles. The van der Waals surface area contributed by atoms with E-state index >= 15 is 0 Å². The van der Waals surface area contributed by atoms with Gasteiger partial charge in [0.25, 0.3) is 0 Å². The van der Waals surface area contributed by atoms with Gasteiger partial charge in [-0.15, -0.1) is 0 Å². The van der Waals surface area contributed by atoms with E-state index < -0.39 is 0 Å². The molecule has 112 valence electrons. The molecule has 0 saturated carbocycles. The smallest absolute Gasteiger partial charge is 0.246 e. The minimum Gasteiger partial charge on any atom is -0.337 e. The Morgan fingerprint density at radius 3 is 3.00 bits per heavy atom. The van der Waals surface area contributed by atoms with Crippen LogP contribution in [0.25, 0.3) is 0 Å². The van der Waals surface area contributed by atoms with E-state index in [1.807, 2.05) is 0 Å². The molecular formula is C15H17ClFN3O. The zero-order chi connectivity index (χ0) is 14.9. The first-order valence-corrected chi connectivity index (χ1v) is 7.47. The van der Waals surface area contributed by atoms with Gasteiger partial charge in [0.05, 0.1) is 5.54 Å². The van der Waals surface area contributed by atoms with Crippen LogP contribution in [0.15, 0.2) is 22.7 Å². The van der Waals surface area contributed by atoms with Crippen LogP contribution in [-0.4, -0.2) is 16.7 Å². The normalized spacial score (nSPS) is 22.4. The highest BCUT2D eigenvalue weighted by Gasteiger charge is 2.34. The standard InChI is InChI=1S/C15H17ClFN3O/c1-15(7-2-3-8-18-15)14-19-13(20-21-14)9-10-11(16)5-4-6-12(10)17/h4-6,18H,2-3,7-9H2,1H3. The maximum Gasteiger partial charge on any atom is 0.246 e. The van der Waals surface area contributed by atoms with Gasteiger partial charge >= 0.3 is 0 Å². The number of nitrogens with one attached hydrogen (secondary N) is 1. The lowest BCUT2D eigenvalue weighted by Gasteiger charge is -2.31. The first-order chi connectivity index (χ1) is 10.1. The van der Waals surface area contributed by atoms with Gasteiger partial charge in [-0.1, -0.05) is 22.8 Å². The van der Waals surface area contributed by atoms with Crippen LogP contribution in [0.4, 0.5) is 4.39 Å². The second-order valence-corrected chi connectivity index (χ2v) is 6.02. The summed E-state index contributed by atoms with van der Waals surface area (Å²) in [6, 6.07) is 4.62. The van der Waals surface area contributed by atoms with Crippen molar-refractivity contribution < 1.29 is 8.91 Å². The van der Waals surface area contributed by atoms with Crippen molar-refractivity contribution in [2.75, 3.05) is 6.54 Å². The number of halogens is 2. The summed E-state index contributed by atoms with van der Waals surface area (Å²) in [5.74, 6) is 0.658. The predicted octanol–water partition coefficient (Wildman–Crippen LogP) is 3.44. The van der Waals surface area contributed by atoms with Gasteiger partial charge in [-0.3, -0.25) is 0 Å². The summed E-state index contributed by atoms with van der Waals surface area (Å²) >= 11 is 6.02. The summed E-state index contributed by atoms with van der Waals surface area (Å²) < 4.78 is 19.2. The molecular weight excluding hydrogens is 293 g/mol. The molecule has 6 heteroatoms. The van der Waals surface area contributed by atoms with Crippen molar-refractivity contribution in [2.24, 2.45) is 0 Å². The van der Waals surface area contributed by atoms with E-state index in [1.54, 1.807) is 12.1 Å². The number of hydrogen-bond donors (Lipinski definition) is 1. The molecule has 0 radical (unpaired) electrons. The second-order valence-electron chi connectivity index (χ2n) is 5.61. The molecule has 1 N–H and O–H groups in total. The average molecular weight is 310 g/mol. The Labute approximate surface area is 127 Å². The molecule has 21 heavy (non-hydrogen) atoms. The minimum absolute atomic E-state index is 0.227. The number of hydrogen-bond acceptors (Lipinski definition) is 4. The van der Waals surface area contributed by atoms with Crippen LogP contribution < -0.4 is 5.32 Å². The Balaban J connectivity index is 1.82. The van der Waals surface area contributed by atoms with E-state index in [1.165, 1.54) is 6.07 Å². The highest BCUT2D eigenvalue weighted by atomic mass is 35.5. The van der Waals surface area contributed by atoms with E-state index in [4.69, 9.17) is 16.1 Å². The SMILES string of the molecule is CC1(c2nc(Cc3c(F)cccc3Cl)no2)CCCCN1. The van der Waals surface area contributed by atoms with Gasteiger partial charge in [-0.25, -0.2) is 4.39 Å². The Hall–Kier alpha value is -1.46. The number of aromatic nitrogens is 2. The molecule has 0 spiro atoms. The zero-order valence-corrected chi connectivity index (χ0v) is 12.6. The maximum atomic E-state index is 13.8. The van der Waals surface area contributed by atoms with Crippen LogP contribution >= 0.6 is 11.6 Å². The summed E-state index contributed by atoms with van der Waals surface area (Å²) in [4.78, 5) is 4.42. The third-order valence-corrected chi connectivity index (χ3v) is 4.31. The molecule has 1 fully saturated rings. The van der Waals surface area contributed by atoms with Crippen LogP contribution in [-0.2, 0) is 12.0 Å². The van der Waals surface area contributed by atoms with Gasteiger partial charge in [0, 0.05) is 17.0 Å². The fourth-order valence-corrected chi connectivity index (χ4v) is 2.88. The van der Waals surface area contributed by atoms with Gasteiger partial charge in [-0.05, 0) is 44.9 Å². The molecule has 1 saturated heterocycles. The number of benzene rings is 1. The molecule has 0 amide bonds. The Morgan fingerprint density at radius 1 is 1.43 bits per heavy atom. The molecule has 2 aromatic rings. The Morgan fingerprint density at radius 2 is 2.29 bits per heavy atom. The average Bonchev–Trinajstić information content (AvgIpc) is 2.93. The summed E-state index contributed by atoms with van der Waals surface area (Å²) in [7, 11) is 0. The molecule has 3 rings (SSSR count). The molecule has 0 aliphatic carbocycles. The van der Waals surface area contributed by atoms with Crippen LogP contribution in [0.3, 0.4) is 0 Å². The van der Waals surface area contributed by atoms with Crippen molar-refractivity contribution in [3.63, 3.8) is 0 Å². The molecule has 1 aromatic carbocycles. The van der Waals surface area contributed by atoms with Gasteiger partial charge in [-0.2, -0.15) is 4.98 Å². The molecule has 1 atom stereocenters. The van der Waals surface area contributed by atoms with Crippen molar-refractivity contribution in [2.45, 2.75) is 38.1 Å². The largest absolute Gasteiger partial charge is 0.337 e. The number of piperidine rings is 1. The first kappa shape index (κ1) is 14.5. The lowest BCUT2D eigenvalue weighted by molar-refractivity contribution is 0.206. The zero-order valence-electron chi connectivity index (χ0n) is 11.8. The van der Waals surface area contributed by atoms with Crippen LogP contribution in [0, 0.1) is 5.82 Å². The Kier molecular flexibility index (Phi) is 3.95. The van der Waals surface area contributed by atoms with Crippen molar-refractivity contribution in [1.29, 1.82) is 0 Å². The third kappa shape index (κ3) is 2.94. The fourth-order valence-electron chi connectivity index (χ4n) is 2.65. The van der Waals surface area contributed by atoms with Crippen molar-refractivity contribution in [3.05, 3.63) is 46.3 Å². The van der Waals surface area contributed by atoms with E-state index in [2.05, 4.69) is 22.4 Å². The number of nitrogens with zero attached hydrogens (tertiary/aromatic N) is 2. The highest BCUT2D eigenvalue weighted by Crippen LogP contribution is 2.29. The third-order valence-electron chi connectivity index (χ3n) is 3.96. The summed E-state index contributed by atoms with van der Waals surface area (Å²) in [6.07, 6.45) is 3.46. The molecule has 1 aliphatic rings. The van der Waals surface area contributed by atoms with Crippen molar-refractivity contribution >= 4 is 11.6 Å². The van der Waals surface area contributed by atoms with Gasteiger partial charge < -0.3 is 9.84 Å². The summed E-state index contributed by atoms with van der Waals surface area (Å²) in [5.41, 5.74) is 0.107. The number of rotatable bonds is 3. The lowest BCUT2D eigenvalue weighted by atomic mass is 9.91. The first-order valence-electron chi connectivity index (χ1n) is 7.09. The molecule has 1 aliphatic heterocycles. The molecule has 0 bridgehead atoms. The van der Waals surface area contributed by atoms with Crippen LogP contribution in [0.1, 0.15) is 43.5 Å². The predicted molar refractivity (Wildman–Crippen MR) is 77.7 cm³/mol. The molecule has 2 heterocycles. The quantitative estimate of drug-likeness (QED) is 0.943. The van der Waals surface area contributed by atoms with E-state index in [9.17, 15) is 4.39 Å². The van der Waals surface area contributed by atoms with Crippen LogP contribution in [0.5, 0.6) is 0 Å². The topological polar surface area (TPSA) is 51.0 Å². The van der Waals surface area contributed by atoms with Crippen molar-refractivity contribution in [1.82, 2.24) is 15.5 Å². The lowest BCUT2D eigenvalue weighted by Crippen LogP contribution is -2.43. The molecule has 1 unspecified atom stereocenters. The monoisotopic (exact) mass is 309 g/mol. The van der Waals surface area contributed by atoms with Crippen molar-refractivity contribution in [3.8, 4) is 0 Å². The van der Waals surface area contributed by atoms with Gasteiger partial charge in [0.2, 0.25) is 5.89 Å². The fraction of sp³-hybridized carbons (Fsp3) is 0.467. The summed E-state index contributed by atoms with van der Waals surface area (Å²) in [5, 5.41) is 7.76. The van der Waals surface area contributed by atoms with Gasteiger partial charge in [0.1, 0.15) is 5.82 Å². The minimum atomic E-state index is -0.351. The second kappa shape index (κ2) is 5.73. The Bertz CT molecular complexity index is 617.